The molecule has 2 rings (SSSR count). The van der Waals surface area contributed by atoms with E-state index in [4.69, 9.17) is 5.11 Å². The molecule has 1 saturated heterocycles. The zero-order valence-corrected chi connectivity index (χ0v) is 12.7. The summed E-state index contributed by atoms with van der Waals surface area (Å²) >= 11 is 0. The summed E-state index contributed by atoms with van der Waals surface area (Å²) in [4.78, 5) is 18.2. The molecule has 0 aliphatic carbocycles. The molecule has 1 aromatic heterocycles. The summed E-state index contributed by atoms with van der Waals surface area (Å²) in [5.74, 6) is -2.32. The van der Waals surface area contributed by atoms with E-state index in [2.05, 4.69) is 10.3 Å². The number of alkyl halides is 2. The molecule has 1 aliphatic rings. The van der Waals surface area contributed by atoms with Gasteiger partial charge in [0.1, 0.15) is 0 Å². The molecular formula is C14H22F2N4O2. The van der Waals surface area contributed by atoms with Gasteiger partial charge in [0.15, 0.2) is 5.82 Å². The first kappa shape index (κ1) is 16.8. The van der Waals surface area contributed by atoms with Crippen molar-refractivity contribution in [1.82, 2.24) is 14.5 Å². The average molecular weight is 316 g/mol. The first-order chi connectivity index (χ1) is 10.4. The van der Waals surface area contributed by atoms with E-state index in [1.165, 1.54) is 4.57 Å². The minimum Gasteiger partial charge on any atom is -0.395 e. The lowest BCUT2D eigenvalue weighted by Gasteiger charge is -2.31. The van der Waals surface area contributed by atoms with Crippen LogP contribution in [0.5, 0.6) is 0 Å². The van der Waals surface area contributed by atoms with Gasteiger partial charge in [0.25, 0.3) is 11.5 Å². The van der Waals surface area contributed by atoms with Crippen LogP contribution in [0, 0.1) is 6.92 Å². The van der Waals surface area contributed by atoms with Crippen molar-refractivity contribution < 1.29 is 13.9 Å². The summed E-state index contributed by atoms with van der Waals surface area (Å²) < 4.78 is 27.6. The first-order valence-corrected chi connectivity index (χ1v) is 7.44. The van der Waals surface area contributed by atoms with Crippen LogP contribution in [0.4, 0.5) is 14.6 Å². The van der Waals surface area contributed by atoms with E-state index >= 15 is 0 Å². The highest BCUT2D eigenvalue weighted by molar-refractivity contribution is 5.31. The van der Waals surface area contributed by atoms with Crippen molar-refractivity contribution in [3.05, 3.63) is 22.2 Å². The van der Waals surface area contributed by atoms with Gasteiger partial charge in [-0.2, -0.15) is 0 Å². The third-order valence-corrected chi connectivity index (χ3v) is 3.89. The fourth-order valence-corrected chi connectivity index (χ4v) is 2.51. The first-order valence-electron chi connectivity index (χ1n) is 7.44. The number of aliphatic hydroxyl groups is 1. The van der Waals surface area contributed by atoms with E-state index in [9.17, 15) is 13.6 Å². The van der Waals surface area contributed by atoms with Gasteiger partial charge in [0.05, 0.1) is 6.61 Å². The maximum absolute atomic E-state index is 13.1. The Hall–Kier alpha value is -1.54. The second-order valence-corrected chi connectivity index (χ2v) is 5.55. The van der Waals surface area contributed by atoms with Gasteiger partial charge in [-0.1, -0.05) is 0 Å². The monoisotopic (exact) mass is 316 g/mol. The summed E-state index contributed by atoms with van der Waals surface area (Å²) in [6, 6.07) is 0. The van der Waals surface area contributed by atoms with Crippen molar-refractivity contribution >= 4 is 5.82 Å². The van der Waals surface area contributed by atoms with E-state index in [1.807, 2.05) is 4.90 Å². The molecule has 22 heavy (non-hydrogen) atoms. The molecule has 0 bridgehead atoms. The molecule has 0 aromatic carbocycles. The fourth-order valence-electron chi connectivity index (χ4n) is 2.51. The van der Waals surface area contributed by atoms with Crippen molar-refractivity contribution in [1.29, 1.82) is 0 Å². The highest BCUT2D eigenvalue weighted by Gasteiger charge is 2.33. The second-order valence-electron chi connectivity index (χ2n) is 5.55. The average Bonchev–Trinajstić information content (AvgIpc) is 2.47. The Morgan fingerprint density at radius 2 is 2.05 bits per heavy atom. The number of aryl methyl sites for hydroxylation is 1. The van der Waals surface area contributed by atoms with Crippen molar-refractivity contribution in [2.45, 2.75) is 32.2 Å². The quantitative estimate of drug-likeness (QED) is 0.808. The van der Waals surface area contributed by atoms with Gasteiger partial charge in [0.2, 0.25) is 0 Å². The number of anilines is 1. The van der Waals surface area contributed by atoms with Crippen molar-refractivity contribution in [3.8, 4) is 0 Å². The minimum atomic E-state index is -2.54. The number of halogens is 2. The third kappa shape index (κ3) is 4.23. The summed E-state index contributed by atoms with van der Waals surface area (Å²) in [5.41, 5.74) is 0.405. The van der Waals surface area contributed by atoms with E-state index < -0.39 is 5.92 Å². The SMILES string of the molecule is Cc1cnc(NCCN2CCC(F)(F)CC2)c(=O)n1CCO. The molecule has 1 aliphatic heterocycles. The molecule has 0 amide bonds. The number of rotatable bonds is 6. The maximum Gasteiger partial charge on any atom is 0.293 e. The zero-order valence-electron chi connectivity index (χ0n) is 12.7. The van der Waals surface area contributed by atoms with E-state index in [0.717, 1.165) is 0 Å². The standard InChI is InChI=1S/C14H22F2N4O2/c1-11-10-18-12(13(22)20(11)8-9-21)17-4-7-19-5-2-14(15,16)3-6-19/h10,21H,2-9H2,1H3,(H,17,18). The summed E-state index contributed by atoms with van der Waals surface area (Å²) in [5, 5.41) is 11.9. The molecule has 1 aromatic rings. The van der Waals surface area contributed by atoms with E-state index in [1.54, 1.807) is 13.1 Å². The van der Waals surface area contributed by atoms with Crippen LogP contribution in [0.2, 0.25) is 0 Å². The molecule has 0 radical (unpaired) electrons. The number of hydrogen-bond acceptors (Lipinski definition) is 5. The van der Waals surface area contributed by atoms with E-state index in [0.29, 0.717) is 31.9 Å². The van der Waals surface area contributed by atoms with Crippen LogP contribution >= 0.6 is 0 Å². The number of aromatic nitrogens is 2. The van der Waals surface area contributed by atoms with Crippen LogP contribution in [0.3, 0.4) is 0 Å². The third-order valence-electron chi connectivity index (χ3n) is 3.89. The Labute approximate surface area is 127 Å². The maximum atomic E-state index is 13.1. The van der Waals surface area contributed by atoms with Gasteiger partial charge >= 0.3 is 0 Å². The lowest BCUT2D eigenvalue weighted by atomic mass is 10.1. The number of hydrogen-bond donors (Lipinski definition) is 2. The second kappa shape index (κ2) is 7.15. The highest BCUT2D eigenvalue weighted by Crippen LogP contribution is 2.27. The lowest BCUT2D eigenvalue weighted by molar-refractivity contribution is -0.0543. The topological polar surface area (TPSA) is 70.4 Å². The number of nitrogens with one attached hydrogen (secondary N) is 1. The number of likely N-dealkylation sites (tertiary alicyclic amines) is 1. The Kier molecular flexibility index (Phi) is 5.47. The Morgan fingerprint density at radius 1 is 1.36 bits per heavy atom. The molecule has 0 atom stereocenters. The smallest absolute Gasteiger partial charge is 0.293 e. The van der Waals surface area contributed by atoms with Crippen LogP contribution in [0.1, 0.15) is 18.5 Å². The molecule has 0 spiro atoms. The fraction of sp³-hybridized carbons (Fsp3) is 0.714. The van der Waals surface area contributed by atoms with Crippen LogP contribution in [0.25, 0.3) is 0 Å². The van der Waals surface area contributed by atoms with Gasteiger partial charge in [-0.25, -0.2) is 13.8 Å². The normalized spacial score (nSPS) is 18.4. The molecular weight excluding hydrogens is 294 g/mol. The van der Waals surface area contributed by atoms with E-state index in [-0.39, 0.29) is 37.4 Å². The molecule has 6 nitrogen and oxygen atoms in total. The predicted molar refractivity (Wildman–Crippen MR) is 79.4 cm³/mol. The van der Waals surface area contributed by atoms with Crippen LogP contribution in [-0.4, -0.2) is 58.3 Å². The molecule has 2 heterocycles. The molecule has 1 fully saturated rings. The predicted octanol–water partition coefficient (Wildman–Crippen LogP) is 0.687. The number of piperidine rings is 1. The molecule has 0 unspecified atom stereocenters. The largest absolute Gasteiger partial charge is 0.395 e. The number of aliphatic hydroxyl groups excluding tert-OH is 1. The highest BCUT2D eigenvalue weighted by atomic mass is 19.3. The Morgan fingerprint density at radius 3 is 2.68 bits per heavy atom. The van der Waals surface area contributed by atoms with Gasteiger partial charge in [0, 0.05) is 57.5 Å². The van der Waals surface area contributed by atoms with Gasteiger partial charge < -0.3 is 19.9 Å². The van der Waals surface area contributed by atoms with Crippen LogP contribution in [0.15, 0.2) is 11.0 Å². The van der Waals surface area contributed by atoms with Crippen molar-refractivity contribution in [3.63, 3.8) is 0 Å². The van der Waals surface area contributed by atoms with Crippen molar-refractivity contribution in [2.75, 3.05) is 38.1 Å². The molecule has 124 valence electrons. The van der Waals surface area contributed by atoms with Gasteiger partial charge in [-0.05, 0) is 6.92 Å². The summed E-state index contributed by atoms with van der Waals surface area (Å²) in [6.45, 7) is 3.65. The zero-order chi connectivity index (χ0) is 16.2. The van der Waals surface area contributed by atoms with Crippen LogP contribution < -0.4 is 10.9 Å². The summed E-state index contributed by atoms with van der Waals surface area (Å²) in [6.07, 6.45) is 1.35. The van der Waals surface area contributed by atoms with Crippen LogP contribution in [-0.2, 0) is 6.54 Å². The minimum absolute atomic E-state index is 0.112. The Bertz CT molecular complexity index is 552. The van der Waals surface area contributed by atoms with Gasteiger partial charge in [-0.15, -0.1) is 0 Å². The Balaban J connectivity index is 1.87. The lowest BCUT2D eigenvalue weighted by Crippen LogP contribution is -2.41. The van der Waals surface area contributed by atoms with Crippen molar-refractivity contribution in [2.24, 2.45) is 0 Å². The molecule has 8 heteroatoms. The molecule has 2 N–H and O–H groups in total. The molecule has 0 saturated carbocycles. The summed E-state index contributed by atoms with van der Waals surface area (Å²) in [7, 11) is 0. The van der Waals surface area contributed by atoms with Gasteiger partial charge in [-0.3, -0.25) is 4.79 Å². The number of nitrogens with zero attached hydrogens (tertiary/aromatic N) is 3.